The fraction of sp³-hybridized carbons (Fsp3) is 0.286. The van der Waals surface area contributed by atoms with Crippen molar-refractivity contribution >= 4 is 17.3 Å². The minimum absolute atomic E-state index is 0.190. The summed E-state index contributed by atoms with van der Waals surface area (Å²) in [7, 11) is 1.44. The van der Waals surface area contributed by atoms with Crippen LogP contribution in [0.2, 0.25) is 0 Å². The first-order chi connectivity index (χ1) is 10.2. The van der Waals surface area contributed by atoms with Gasteiger partial charge in [-0.15, -0.1) is 0 Å². The molecule has 21 heavy (non-hydrogen) atoms. The number of para-hydroxylation sites is 1. The summed E-state index contributed by atoms with van der Waals surface area (Å²) in [6, 6.07) is 3.62. The zero-order valence-corrected chi connectivity index (χ0v) is 11.8. The Hall–Kier alpha value is -2.44. The van der Waals surface area contributed by atoms with E-state index in [-0.39, 0.29) is 11.5 Å². The van der Waals surface area contributed by atoms with Crippen LogP contribution in [0.15, 0.2) is 24.5 Å². The largest absolute Gasteiger partial charge is 0.490 e. The van der Waals surface area contributed by atoms with Crippen LogP contribution in [0.5, 0.6) is 5.75 Å². The van der Waals surface area contributed by atoms with Crippen LogP contribution >= 0.6 is 0 Å². The third-order valence-electron chi connectivity index (χ3n) is 2.76. The van der Waals surface area contributed by atoms with Crippen LogP contribution in [-0.4, -0.2) is 23.6 Å². The van der Waals surface area contributed by atoms with E-state index in [2.05, 4.69) is 20.6 Å². The summed E-state index contributed by atoms with van der Waals surface area (Å²) in [5.41, 5.74) is -0.282. The van der Waals surface area contributed by atoms with Gasteiger partial charge in [-0.25, -0.2) is 18.7 Å². The summed E-state index contributed by atoms with van der Waals surface area (Å²) in [4.78, 5) is 8.03. The summed E-state index contributed by atoms with van der Waals surface area (Å²) < 4.78 is 32.6. The van der Waals surface area contributed by atoms with Gasteiger partial charge in [-0.1, -0.05) is 13.0 Å². The molecule has 0 fully saturated rings. The highest BCUT2D eigenvalue weighted by Crippen LogP contribution is 2.32. The molecule has 0 spiro atoms. The molecule has 5 nitrogen and oxygen atoms in total. The smallest absolute Gasteiger partial charge is 0.204 e. The van der Waals surface area contributed by atoms with E-state index in [1.807, 2.05) is 6.92 Å². The molecule has 0 unspecified atom stereocenters. The van der Waals surface area contributed by atoms with Crippen LogP contribution in [0, 0.1) is 11.6 Å². The van der Waals surface area contributed by atoms with E-state index >= 15 is 0 Å². The topological polar surface area (TPSA) is 59.1 Å². The number of hydrogen-bond donors (Lipinski definition) is 2. The number of methoxy groups -OCH3 is 1. The number of benzene rings is 1. The van der Waals surface area contributed by atoms with E-state index < -0.39 is 11.6 Å². The number of anilines is 3. The first kappa shape index (κ1) is 15.0. The molecule has 1 aromatic carbocycles. The lowest BCUT2D eigenvalue weighted by molar-refractivity contribution is 0.415. The first-order valence-corrected chi connectivity index (χ1v) is 6.51. The molecule has 2 N–H and O–H groups in total. The zero-order valence-electron chi connectivity index (χ0n) is 11.8. The highest BCUT2D eigenvalue weighted by Gasteiger charge is 2.15. The number of halogens is 2. The van der Waals surface area contributed by atoms with E-state index in [0.29, 0.717) is 18.1 Å². The minimum Gasteiger partial charge on any atom is -0.490 e. The third-order valence-corrected chi connectivity index (χ3v) is 2.76. The van der Waals surface area contributed by atoms with Gasteiger partial charge in [0.15, 0.2) is 11.6 Å². The van der Waals surface area contributed by atoms with Crippen LogP contribution in [0.4, 0.5) is 26.1 Å². The molecule has 0 saturated carbocycles. The molecular formula is C14H16F2N4O. The maximum absolute atomic E-state index is 13.7. The van der Waals surface area contributed by atoms with Crippen molar-refractivity contribution in [3.05, 3.63) is 36.2 Å². The lowest BCUT2D eigenvalue weighted by Crippen LogP contribution is -2.08. The molecule has 2 aromatic rings. The predicted molar refractivity (Wildman–Crippen MR) is 77.0 cm³/mol. The highest BCUT2D eigenvalue weighted by atomic mass is 19.1. The molecule has 0 bridgehead atoms. The number of nitrogens with one attached hydrogen (secondary N) is 2. The summed E-state index contributed by atoms with van der Waals surface area (Å²) in [5.74, 6) is -0.463. The Labute approximate surface area is 121 Å². The molecule has 0 saturated heterocycles. The third kappa shape index (κ3) is 3.36. The van der Waals surface area contributed by atoms with Gasteiger partial charge in [0.05, 0.1) is 7.11 Å². The Kier molecular flexibility index (Phi) is 4.86. The summed E-state index contributed by atoms with van der Waals surface area (Å²) >= 11 is 0. The maximum Gasteiger partial charge on any atom is 0.204 e. The molecule has 0 aliphatic carbocycles. The van der Waals surface area contributed by atoms with Crippen molar-refractivity contribution in [3.63, 3.8) is 0 Å². The van der Waals surface area contributed by atoms with Crippen molar-refractivity contribution in [2.45, 2.75) is 13.3 Å². The Morgan fingerprint density at radius 1 is 1.14 bits per heavy atom. The Morgan fingerprint density at radius 3 is 2.43 bits per heavy atom. The van der Waals surface area contributed by atoms with Crippen LogP contribution in [0.3, 0.4) is 0 Å². The molecule has 0 aliphatic rings. The molecule has 7 heteroatoms. The second kappa shape index (κ2) is 6.83. The van der Waals surface area contributed by atoms with Crippen LogP contribution in [-0.2, 0) is 0 Å². The maximum atomic E-state index is 13.7. The van der Waals surface area contributed by atoms with Crippen molar-refractivity contribution in [1.29, 1.82) is 0 Å². The molecule has 0 aliphatic heterocycles. The molecule has 112 valence electrons. The van der Waals surface area contributed by atoms with Crippen molar-refractivity contribution in [1.82, 2.24) is 9.97 Å². The van der Waals surface area contributed by atoms with Gasteiger partial charge < -0.3 is 15.4 Å². The normalized spacial score (nSPS) is 10.3. The van der Waals surface area contributed by atoms with E-state index in [4.69, 9.17) is 4.74 Å². The van der Waals surface area contributed by atoms with Gasteiger partial charge >= 0.3 is 0 Å². The molecule has 0 radical (unpaired) electrons. The average Bonchev–Trinajstić information content (AvgIpc) is 2.49. The van der Waals surface area contributed by atoms with E-state index in [0.717, 1.165) is 18.6 Å². The Balaban J connectivity index is 2.35. The lowest BCUT2D eigenvalue weighted by atomic mass is 10.3. The molecule has 2 rings (SSSR count). The summed E-state index contributed by atoms with van der Waals surface area (Å²) in [6.07, 6.45) is 2.19. The molecule has 1 aromatic heterocycles. The number of ether oxygens (including phenoxy) is 1. The fourth-order valence-corrected chi connectivity index (χ4v) is 1.76. The van der Waals surface area contributed by atoms with Gasteiger partial charge in [0.25, 0.3) is 0 Å². The predicted octanol–water partition coefficient (Wildman–Crippen LogP) is 3.33. The summed E-state index contributed by atoms with van der Waals surface area (Å²) in [5, 5.41) is 5.68. The average molecular weight is 294 g/mol. The van der Waals surface area contributed by atoms with Gasteiger partial charge in [-0.2, -0.15) is 0 Å². The van der Waals surface area contributed by atoms with E-state index in [1.165, 1.54) is 19.5 Å². The fourth-order valence-electron chi connectivity index (χ4n) is 1.76. The van der Waals surface area contributed by atoms with Crippen molar-refractivity contribution < 1.29 is 13.5 Å². The number of nitrogens with zero attached hydrogens (tertiary/aromatic N) is 2. The van der Waals surface area contributed by atoms with Gasteiger partial charge in [0, 0.05) is 6.54 Å². The van der Waals surface area contributed by atoms with E-state index in [1.54, 1.807) is 0 Å². The highest BCUT2D eigenvalue weighted by molar-refractivity contribution is 5.69. The zero-order chi connectivity index (χ0) is 15.2. The van der Waals surface area contributed by atoms with E-state index in [9.17, 15) is 8.78 Å². The number of aromatic nitrogens is 2. The van der Waals surface area contributed by atoms with Crippen LogP contribution in [0.25, 0.3) is 0 Å². The van der Waals surface area contributed by atoms with Gasteiger partial charge in [-0.3, -0.25) is 0 Å². The molecular weight excluding hydrogens is 278 g/mol. The molecule has 0 atom stereocenters. The minimum atomic E-state index is -0.710. The number of hydrogen-bond acceptors (Lipinski definition) is 5. The SMILES string of the molecule is CCCNc1ncnc(Nc2c(F)cccc2F)c1OC. The second-order valence-electron chi connectivity index (χ2n) is 4.25. The Morgan fingerprint density at radius 2 is 1.81 bits per heavy atom. The monoisotopic (exact) mass is 294 g/mol. The van der Waals surface area contributed by atoms with Crippen molar-refractivity contribution in [3.8, 4) is 5.75 Å². The van der Waals surface area contributed by atoms with Crippen molar-refractivity contribution in [2.75, 3.05) is 24.3 Å². The van der Waals surface area contributed by atoms with Crippen LogP contribution in [0.1, 0.15) is 13.3 Å². The molecule has 1 heterocycles. The van der Waals surface area contributed by atoms with Gasteiger partial charge in [-0.05, 0) is 18.6 Å². The quantitative estimate of drug-likeness (QED) is 0.855. The van der Waals surface area contributed by atoms with Crippen LogP contribution < -0.4 is 15.4 Å². The second-order valence-corrected chi connectivity index (χ2v) is 4.25. The van der Waals surface area contributed by atoms with Gasteiger partial charge in [0.1, 0.15) is 23.6 Å². The Bertz CT molecular complexity index is 602. The molecule has 0 amide bonds. The standard InChI is InChI=1S/C14H16F2N4O/c1-3-7-17-13-12(21-2)14(19-8-18-13)20-11-9(15)5-4-6-10(11)16/h4-6,8H,3,7H2,1-2H3,(H2,17,18,19,20). The van der Waals surface area contributed by atoms with Crippen molar-refractivity contribution in [2.24, 2.45) is 0 Å². The first-order valence-electron chi connectivity index (χ1n) is 6.51. The number of rotatable bonds is 6. The lowest BCUT2D eigenvalue weighted by Gasteiger charge is -2.14. The van der Waals surface area contributed by atoms with Gasteiger partial charge in [0.2, 0.25) is 5.75 Å². The summed E-state index contributed by atoms with van der Waals surface area (Å²) in [6.45, 7) is 2.70.